The van der Waals surface area contributed by atoms with E-state index < -0.39 is 29.6 Å². The third-order valence-corrected chi connectivity index (χ3v) is 5.33. The van der Waals surface area contributed by atoms with Crippen molar-refractivity contribution < 1.29 is 50.4 Å². The first kappa shape index (κ1) is 56.1. The monoisotopic (exact) mass is 679 g/mol. The summed E-state index contributed by atoms with van der Waals surface area (Å²) in [6.45, 7) is 7.49. The molecule has 0 rings (SSSR count). The number of nitrogens with zero attached hydrogens (tertiary/aromatic N) is 3. The number of hydrogen-bond donors (Lipinski definition) is 13. The van der Waals surface area contributed by atoms with Crippen molar-refractivity contribution >= 4 is 17.9 Å². The number of aliphatic hydroxyl groups excluding tert-OH is 4. The molecule has 0 aliphatic heterocycles. The Balaban J connectivity index is -0.000000107. The van der Waals surface area contributed by atoms with Crippen molar-refractivity contribution in [3.63, 3.8) is 0 Å². The second-order valence-electron chi connectivity index (χ2n) is 11.4. The maximum Gasteiger partial charge on any atom is 0.362 e. The van der Waals surface area contributed by atoms with Crippen molar-refractivity contribution in [3.05, 3.63) is 0 Å². The maximum absolute atomic E-state index is 10.3. The highest BCUT2D eigenvalue weighted by Crippen LogP contribution is 2.01. The molecule has 0 amide bonds. The summed E-state index contributed by atoms with van der Waals surface area (Å²) in [5, 5.41) is 50.3. The lowest BCUT2D eigenvalue weighted by Gasteiger charge is -2.21. The van der Waals surface area contributed by atoms with E-state index in [1.807, 2.05) is 25.9 Å². The SMILES string of the molecule is CCC(N)(CO)CO.CCCN.CN(C)CCO.C[N+](C)(C)CCO.NC(N)=NCCC[C@H]([NH3+])C(=O)O.NCCC[C@H](N)C(=O)O. The lowest BCUT2D eigenvalue weighted by atomic mass is 10.0. The first-order valence-electron chi connectivity index (χ1n) is 15.3. The van der Waals surface area contributed by atoms with Crippen molar-refractivity contribution in [2.24, 2.45) is 39.4 Å². The zero-order valence-electron chi connectivity index (χ0n) is 29.8. The van der Waals surface area contributed by atoms with Crippen molar-refractivity contribution in [1.29, 1.82) is 0 Å². The molecule has 0 aliphatic carbocycles. The molecule has 0 aromatic heterocycles. The van der Waals surface area contributed by atoms with Gasteiger partial charge in [-0.25, -0.2) is 4.79 Å². The highest BCUT2D eigenvalue weighted by atomic mass is 16.4. The van der Waals surface area contributed by atoms with Gasteiger partial charge >= 0.3 is 11.9 Å². The minimum atomic E-state index is -0.955. The molecule has 18 nitrogen and oxygen atoms in total. The van der Waals surface area contributed by atoms with Gasteiger partial charge in [0.2, 0.25) is 0 Å². The van der Waals surface area contributed by atoms with Gasteiger partial charge in [-0.2, -0.15) is 0 Å². The largest absolute Gasteiger partial charge is 0.480 e. The third-order valence-electron chi connectivity index (χ3n) is 5.33. The van der Waals surface area contributed by atoms with E-state index in [9.17, 15) is 9.59 Å². The molecule has 0 heterocycles. The fourth-order valence-electron chi connectivity index (χ4n) is 1.90. The van der Waals surface area contributed by atoms with Gasteiger partial charge in [-0.1, -0.05) is 13.8 Å². The Kier molecular flexibility index (Phi) is 47.5. The van der Waals surface area contributed by atoms with Crippen LogP contribution < -0.4 is 40.1 Å². The van der Waals surface area contributed by atoms with Gasteiger partial charge in [0, 0.05) is 19.5 Å². The summed E-state index contributed by atoms with van der Waals surface area (Å²) in [6.07, 6.45) is 3.96. The van der Waals surface area contributed by atoms with E-state index in [1.165, 1.54) is 0 Å². The molecule has 18 heteroatoms. The number of carboxylic acids is 2. The number of hydrogen-bond acceptors (Lipinski definition) is 12. The van der Waals surface area contributed by atoms with Crippen LogP contribution in [0, 0.1) is 0 Å². The van der Waals surface area contributed by atoms with Gasteiger partial charge < -0.3 is 80.2 Å². The quantitative estimate of drug-likeness (QED) is 0.0298. The standard InChI is InChI=1S/C6H14N4O2.C5H12N2O2.C5H13NO2.C5H14NO.C4H11NO.C3H9N/c7-4(5(11)12)2-1-3-10-6(8)9;6-3-1-2-4(7)5(8)9;1-2-5(6,3-7)4-8;1-6(2,3)4-5-7;1-5(2)3-4-6;1-2-3-4/h4H,1-3,7H2,(H,11,12)(H4,8,9,10);4H,1-3,6-7H2,(H,8,9);7-8H,2-4,6H2,1H3;7H,4-5H2,1-3H3;6H,3-4H2,1-2H3;2-4H2,1H3/q;;;+1;;/p+1/t2*4-;;;;/m00..../s1. The van der Waals surface area contributed by atoms with Crippen LogP contribution in [0.5, 0.6) is 0 Å². The molecule has 0 saturated heterocycles. The van der Waals surface area contributed by atoms with Crippen molar-refractivity contribution in [2.45, 2.75) is 70.0 Å². The first-order valence-corrected chi connectivity index (χ1v) is 15.3. The van der Waals surface area contributed by atoms with Crippen LogP contribution >= 0.6 is 0 Å². The zero-order valence-corrected chi connectivity index (χ0v) is 29.8. The molecule has 0 fully saturated rings. The summed E-state index contributed by atoms with van der Waals surface area (Å²) in [7, 11) is 10.0. The van der Waals surface area contributed by atoms with E-state index in [2.05, 4.69) is 38.8 Å². The molecule has 0 aromatic rings. The average molecular weight is 679 g/mol. The van der Waals surface area contributed by atoms with Crippen LogP contribution in [-0.2, 0) is 9.59 Å². The van der Waals surface area contributed by atoms with Crippen LogP contribution in [0.2, 0.25) is 0 Å². The molecular formula is C28H74N10O8+2. The summed E-state index contributed by atoms with van der Waals surface area (Å²) in [5.41, 5.74) is 33.5. The number of nitrogens with two attached hydrogens (primary N) is 6. The zero-order chi connectivity index (χ0) is 37.8. The molecule has 0 spiro atoms. The molecule has 0 bridgehead atoms. The Labute approximate surface area is 277 Å². The van der Waals surface area contributed by atoms with Gasteiger partial charge in [-0.05, 0) is 59.3 Å². The molecule has 46 heavy (non-hydrogen) atoms. The predicted molar refractivity (Wildman–Crippen MR) is 184 cm³/mol. The maximum atomic E-state index is 10.3. The van der Waals surface area contributed by atoms with Crippen molar-refractivity contribution in [3.8, 4) is 0 Å². The van der Waals surface area contributed by atoms with E-state index in [0.717, 1.165) is 30.5 Å². The van der Waals surface area contributed by atoms with Crippen LogP contribution in [0.25, 0.3) is 0 Å². The van der Waals surface area contributed by atoms with Gasteiger partial charge in [-0.3, -0.25) is 9.79 Å². The van der Waals surface area contributed by atoms with E-state index in [1.54, 1.807) is 0 Å². The normalized spacial score (nSPS) is 11.6. The summed E-state index contributed by atoms with van der Waals surface area (Å²) in [5.74, 6) is -1.81. The Bertz CT molecular complexity index is 667. The number of rotatable bonds is 17. The highest BCUT2D eigenvalue weighted by Gasteiger charge is 2.19. The van der Waals surface area contributed by atoms with Crippen molar-refractivity contribution in [1.82, 2.24) is 4.90 Å². The smallest absolute Gasteiger partial charge is 0.362 e. The summed E-state index contributed by atoms with van der Waals surface area (Å²) < 4.78 is 0.844. The molecule has 0 radical (unpaired) electrons. The second-order valence-corrected chi connectivity index (χ2v) is 11.4. The minimum absolute atomic E-state index is 0.0333. The van der Waals surface area contributed by atoms with Gasteiger partial charge in [0.25, 0.3) is 0 Å². The number of carbonyl (C=O) groups is 2. The highest BCUT2D eigenvalue weighted by molar-refractivity contribution is 5.75. The molecule has 0 unspecified atom stereocenters. The fraction of sp³-hybridized carbons (Fsp3) is 0.893. The number of aliphatic carboxylic acids is 2. The Hall–Kier alpha value is -2.23. The molecule has 0 aromatic carbocycles. The van der Waals surface area contributed by atoms with Gasteiger partial charge in [-0.15, -0.1) is 0 Å². The lowest BCUT2D eigenvalue weighted by Crippen LogP contribution is -2.64. The van der Waals surface area contributed by atoms with Crippen LogP contribution in [0.3, 0.4) is 0 Å². The van der Waals surface area contributed by atoms with Crippen LogP contribution in [0.1, 0.15) is 52.4 Å². The Morgan fingerprint density at radius 2 is 1.37 bits per heavy atom. The molecule has 0 saturated carbocycles. The van der Waals surface area contributed by atoms with Gasteiger partial charge in [0.05, 0.1) is 53.1 Å². The number of aliphatic hydroxyl groups is 4. The summed E-state index contributed by atoms with van der Waals surface area (Å²) >= 11 is 0. The first-order chi connectivity index (χ1) is 21.1. The van der Waals surface area contributed by atoms with Crippen LogP contribution in [-0.4, -0.2) is 170 Å². The average Bonchev–Trinajstić information content (AvgIpc) is 2.98. The predicted octanol–water partition coefficient (Wildman–Crippen LogP) is -4.47. The third kappa shape index (κ3) is 60.9. The van der Waals surface area contributed by atoms with E-state index >= 15 is 0 Å². The van der Waals surface area contributed by atoms with E-state index in [4.69, 9.17) is 65.0 Å². The summed E-state index contributed by atoms with van der Waals surface area (Å²) in [6, 6.07) is -1.31. The number of quaternary nitrogens is 2. The fourth-order valence-corrected chi connectivity index (χ4v) is 1.90. The number of carboxylic acid groups (broad SMARTS) is 2. The van der Waals surface area contributed by atoms with Gasteiger partial charge in [0.1, 0.15) is 12.6 Å². The van der Waals surface area contributed by atoms with Gasteiger partial charge in [0.15, 0.2) is 12.0 Å². The van der Waals surface area contributed by atoms with Crippen LogP contribution in [0.4, 0.5) is 0 Å². The lowest BCUT2D eigenvalue weighted by molar-refractivity contribution is -0.870. The summed E-state index contributed by atoms with van der Waals surface area (Å²) in [4.78, 5) is 26.0. The topological polar surface area (TPSA) is 355 Å². The minimum Gasteiger partial charge on any atom is -0.480 e. The molecule has 282 valence electrons. The molecule has 21 N–H and O–H groups in total. The molecule has 2 atom stereocenters. The van der Waals surface area contributed by atoms with E-state index in [-0.39, 0.29) is 32.4 Å². The van der Waals surface area contributed by atoms with E-state index in [0.29, 0.717) is 45.2 Å². The molecular weight excluding hydrogens is 604 g/mol. The number of likely N-dealkylation sites (N-methyl/N-ethyl adjacent to an activating group) is 2. The van der Waals surface area contributed by atoms with Crippen molar-refractivity contribution in [2.75, 3.05) is 94.4 Å². The molecule has 0 aliphatic rings. The second kappa shape index (κ2) is 39.0. The van der Waals surface area contributed by atoms with Crippen LogP contribution in [0.15, 0.2) is 4.99 Å². The Morgan fingerprint density at radius 3 is 1.54 bits per heavy atom. The number of guanidine groups is 1. The number of aliphatic imine (C=N–C) groups is 1. The Morgan fingerprint density at radius 1 is 0.891 bits per heavy atom.